The average Bonchev–Trinajstić information content (AvgIpc) is 3.09. The molecule has 0 fully saturated rings. The first-order valence-corrected chi connectivity index (χ1v) is 9.71. The molecule has 0 aliphatic rings. The topological polar surface area (TPSA) is 69.9 Å². The summed E-state index contributed by atoms with van der Waals surface area (Å²) in [5.74, 6) is -1.05. The number of ether oxygens (including phenoxy) is 2. The first kappa shape index (κ1) is 20.6. The number of thiazole rings is 1. The molecule has 2 aromatic heterocycles. The van der Waals surface area contributed by atoms with E-state index in [0.29, 0.717) is 16.2 Å². The van der Waals surface area contributed by atoms with Crippen LogP contribution in [0.3, 0.4) is 0 Å². The maximum Gasteiger partial charge on any atom is 0.573 e. The molecule has 0 amide bonds. The number of aromatic nitrogens is 2. The first-order chi connectivity index (χ1) is 14.8. The van der Waals surface area contributed by atoms with E-state index in [-0.39, 0.29) is 17.9 Å². The largest absolute Gasteiger partial charge is 0.573 e. The van der Waals surface area contributed by atoms with Gasteiger partial charge in [0.2, 0.25) is 0 Å². The third-order valence-electron chi connectivity index (χ3n) is 4.14. The standard InChI is InChI=1S/C21H13F3N2O4S/c22-21(23,24)30-15-8-5-13(6-9-15)7-10-19(28)29-12-14-11-18(27)26-16-3-1-2-4-17(16)31-20(26)25-14/h1-11H,12H2/b10-7+. The predicted octanol–water partition coefficient (Wildman–Crippen LogP) is 4.56. The van der Waals surface area contributed by atoms with Crippen molar-refractivity contribution in [2.24, 2.45) is 0 Å². The van der Waals surface area contributed by atoms with E-state index in [1.54, 1.807) is 0 Å². The van der Waals surface area contributed by atoms with E-state index in [1.165, 1.54) is 40.0 Å². The maximum atomic E-state index is 12.4. The first-order valence-electron chi connectivity index (χ1n) is 8.89. The molecular weight excluding hydrogens is 433 g/mol. The Morgan fingerprint density at radius 3 is 2.61 bits per heavy atom. The Hall–Kier alpha value is -3.66. The Balaban J connectivity index is 1.41. The highest BCUT2D eigenvalue weighted by molar-refractivity contribution is 7.23. The van der Waals surface area contributed by atoms with E-state index in [9.17, 15) is 22.8 Å². The molecule has 0 aliphatic carbocycles. The van der Waals surface area contributed by atoms with Gasteiger partial charge in [0.05, 0.1) is 15.9 Å². The summed E-state index contributed by atoms with van der Waals surface area (Å²) < 4.78 is 47.8. The van der Waals surface area contributed by atoms with Crippen molar-refractivity contribution < 1.29 is 27.4 Å². The summed E-state index contributed by atoms with van der Waals surface area (Å²) in [5.41, 5.74) is 1.28. The van der Waals surface area contributed by atoms with Gasteiger partial charge >= 0.3 is 12.3 Å². The number of fused-ring (bicyclic) bond motifs is 3. The van der Waals surface area contributed by atoms with Gasteiger partial charge < -0.3 is 9.47 Å². The number of hydrogen-bond acceptors (Lipinski definition) is 6. The highest BCUT2D eigenvalue weighted by Crippen LogP contribution is 2.24. The molecule has 0 spiro atoms. The summed E-state index contributed by atoms with van der Waals surface area (Å²) in [7, 11) is 0. The minimum Gasteiger partial charge on any atom is -0.456 e. The molecular formula is C21H13F3N2O4S. The van der Waals surface area contributed by atoms with Crippen molar-refractivity contribution >= 4 is 38.6 Å². The molecule has 0 N–H and O–H groups in total. The molecule has 6 nitrogen and oxygen atoms in total. The lowest BCUT2D eigenvalue weighted by Gasteiger charge is -2.08. The van der Waals surface area contributed by atoms with Crippen molar-refractivity contribution in [2.45, 2.75) is 13.0 Å². The van der Waals surface area contributed by atoms with E-state index >= 15 is 0 Å². The van der Waals surface area contributed by atoms with Gasteiger partial charge in [-0.3, -0.25) is 9.20 Å². The molecule has 0 radical (unpaired) electrons. The van der Waals surface area contributed by atoms with Crippen molar-refractivity contribution in [1.82, 2.24) is 9.38 Å². The molecule has 2 aromatic carbocycles. The van der Waals surface area contributed by atoms with Crippen LogP contribution < -0.4 is 10.3 Å². The number of alkyl halides is 3. The molecule has 0 atom stereocenters. The summed E-state index contributed by atoms with van der Waals surface area (Å²) in [6, 6.07) is 13.7. The number of hydrogen-bond donors (Lipinski definition) is 0. The maximum absolute atomic E-state index is 12.4. The van der Waals surface area contributed by atoms with Gasteiger partial charge in [0.1, 0.15) is 12.4 Å². The summed E-state index contributed by atoms with van der Waals surface area (Å²) in [5, 5.41) is 0. The molecule has 2 heterocycles. The molecule has 0 unspecified atom stereocenters. The van der Waals surface area contributed by atoms with Crippen LogP contribution in [-0.2, 0) is 16.1 Å². The minimum absolute atomic E-state index is 0.193. The zero-order valence-electron chi connectivity index (χ0n) is 15.6. The van der Waals surface area contributed by atoms with Crippen molar-refractivity contribution in [3.8, 4) is 5.75 Å². The second-order valence-corrected chi connectivity index (χ2v) is 7.34. The average molecular weight is 446 g/mol. The lowest BCUT2D eigenvalue weighted by atomic mass is 10.2. The molecule has 4 rings (SSSR count). The fraction of sp³-hybridized carbons (Fsp3) is 0.0952. The van der Waals surface area contributed by atoms with Crippen molar-refractivity contribution in [3.63, 3.8) is 0 Å². The molecule has 10 heteroatoms. The number of rotatable bonds is 5. The molecule has 31 heavy (non-hydrogen) atoms. The van der Waals surface area contributed by atoms with Crippen LogP contribution in [0.15, 0.2) is 65.5 Å². The zero-order chi connectivity index (χ0) is 22.0. The van der Waals surface area contributed by atoms with Gasteiger partial charge in [-0.2, -0.15) is 0 Å². The van der Waals surface area contributed by atoms with Gasteiger partial charge in [-0.25, -0.2) is 9.78 Å². The van der Waals surface area contributed by atoms with Gasteiger partial charge in [0.15, 0.2) is 4.96 Å². The van der Waals surface area contributed by atoms with Crippen molar-refractivity contribution in [1.29, 1.82) is 0 Å². The van der Waals surface area contributed by atoms with Gasteiger partial charge in [-0.05, 0) is 35.9 Å². The molecule has 0 aliphatic heterocycles. The van der Waals surface area contributed by atoms with Crippen LogP contribution in [0.5, 0.6) is 5.75 Å². The van der Waals surface area contributed by atoms with Gasteiger partial charge in [0, 0.05) is 12.1 Å². The molecule has 4 aromatic rings. The Morgan fingerprint density at radius 2 is 1.87 bits per heavy atom. The number of carbonyl (C=O) groups is 1. The third kappa shape index (κ3) is 4.92. The van der Waals surface area contributed by atoms with E-state index in [1.807, 2.05) is 24.3 Å². The van der Waals surface area contributed by atoms with Crippen LogP contribution in [0, 0.1) is 0 Å². The number of carbonyl (C=O) groups excluding carboxylic acids is 1. The van der Waals surface area contributed by atoms with Crippen molar-refractivity contribution in [3.05, 3.63) is 82.3 Å². The molecule has 0 saturated heterocycles. The Morgan fingerprint density at radius 1 is 1.13 bits per heavy atom. The molecule has 0 saturated carbocycles. The Kier molecular flexibility index (Phi) is 5.47. The van der Waals surface area contributed by atoms with Crippen LogP contribution in [0.4, 0.5) is 13.2 Å². The summed E-state index contributed by atoms with van der Waals surface area (Å²) in [6.07, 6.45) is -2.25. The monoisotopic (exact) mass is 446 g/mol. The highest BCUT2D eigenvalue weighted by atomic mass is 32.1. The number of halogens is 3. The van der Waals surface area contributed by atoms with Gasteiger partial charge in [-0.1, -0.05) is 35.6 Å². The summed E-state index contributed by atoms with van der Waals surface area (Å²) >= 11 is 1.35. The quantitative estimate of drug-likeness (QED) is 0.332. The second-order valence-electron chi connectivity index (χ2n) is 6.33. The van der Waals surface area contributed by atoms with E-state index < -0.39 is 12.3 Å². The lowest BCUT2D eigenvalue weighted by molar-refractivity contribution is -0.274. The normalized spacial score (nSPS) is 12.0. The SMILES string of the molecule is O=C(/C=C/c1ccc(OC(F)(F)F)cc1)OCc1cc(=O)n2c(n1)sc1ccccc12. The number of esters is 1. The third-order valence-corrected chi connectivity index (χ3v) is 5.16. The van der Waals surface area contributed by atoms with Crippen LogP contribution in [0.1, 0.15) is 11.3 Å². The van der Waals surface area contributed by atoms with E-state index in [0.717, 1.165) is 28.4 Å². The van der Waals surface area contributed by atoms with Gasteiger partial charge in [-0.15, -0.1) is 13.2 Å². The summed E-state index contributed by atoms with van der Waals surface area (Å²) in [6.45, 7) is -0.193. The summed E-state index contributed by atoms with van der Waals surface area (Å²) in [4.78, 5) is 29.3. The van der Waals surface area contributed by atoms with Crippen LogP contribution in [-0.4, -0.2) is 21.7 Å². The minimum atomic E-state index is -4.77. The van der Waals surface area contributed by atoms with Gasteiger partial charge in [0.25, 0.3) is 5.56 Å². The van der Waals surface area contributed by atoms with Crippen LogP contribution >= 0.6 is 11.3 Å². The van der Waals surface area contributed by atoms with E-state index in [4.69, 9.17) is 4.74 Å². The predicted molar refractivity (Wildman–Crippen MR) is 109 cm³/mol. The molecule has 158 valence electrons. The Labute approximate surface area is 176 Å². The fourth-order valence-corrected chi connectivity index (χ4v) is 3.88. The van der Waals surface area contributed by atoms with Crippen molar-refractivity contribution in [2.75, 3.05) is 0 Å². The van der Waals surface area contributed by atoms with Crippen LogP contribution in [0.25, 0.3) is 21.3 Å². The van der Waals surface area contributed by atoms with E-state index in [2.05, 4.69) is 9.72 Å². The smallest absolute Gasteiger partial charge is 0.456 e. The zero-order valence-corrected chi connectivity index (χ0v) is 16.4. The number of benzene rings is 2. The molecule has 0 bridgehead atoms. The van der Waals surface area contributed by atoms with Crippen LogP contribution in [0.2, 0.25) is 0 Å². The highest BCUT2D eigenvalue weighted by Gasteiger charge is 2.30. The fourth-order valence-electron chi connectivity index (χ4n) is 2.84. The number of nitrogens with zero attached hydrogens (tertiary/aromatic N) is 2. The Bertz CT molecular complexity index is 1340. The lowest BCUT2D eigenvalue weighted by Crippen LogP contribution is -2.16. The second kappa shape index (κ2) is 8.23. The number of para-hydroxylation sites is 1.